The minimum atomic E-state index is -0.816. The van der Waals surface area contributed by atoms with Crippen LogP contribution in [-0.4, -0.2) is 39.3 Å². The van der Waals surface area contributed by atoms with Crippen molar-refractivity contribution in [3.63, 3.8) is 0 Å². The van der Waals surface area contributed by atoms with Gasteiger partial charge < -0.3 is 14.7 Å². The number of carbonyl (C=O) groups excluding carboxylic acids is 3. The van der Waals surface area contributed by atoms with Crippen LogP contribution in [0.1, 0.15) is 40.0 Å². The Hall–Kier alpha value is -3.97. The highest BCUT2D eigenvalue weighted by atomic mass is 35.5. The van der Waals surface area contributed by atoms with E-state index in [1.165, 1.54) is 4.90 Å². The zero-order valence-electron chi connectivity index (χ0n) is 18.3. The Labute approximate surface area is 201 Å². The summed E-state index contributed by atoms with van der Waals surface area (Å²) in [6, 6.07) is 15.6. The van der Waals surface area contributed by atoms with E-state index in [4.69, 9.17) is 16.3 Å². The van der Waals surface area contributed by atoms with E-state index >= 15 is 0 Å². The predicted molar refractivity (Wildman–Crippen MR) is 126 cm³/mol. The Morgan fingerprint density at radius 3 is 2.24 bits per heavy atom. The number of nitrogens with zero attached hydrogens (tertiary/aromatic N) is 2. The van der Waals surface area contributed by atoms with Gasteiger partial charge in [-0.2, -0.15) is 0 Å². The fourth-order valence-corrected chi connectivity index (χ4v) is 3.98. The van der Waals surface area contributed by atoms with Gasteiger partial charge in [-0.1, -0.05) is 23.7 Å². The average Bonchev–Trinajstić information content (AvgIpc) is 3.10. The van der Waals surface area contributed by atoms with E-state index in [9.17, 15) is 19.5 Å². The topological polar surface area (TPSA) is 96.8 Å². The largest absolute Gasteiger partial charge is 0.507 e. The van der Waals surface area contributed by atoms with Gasteiger partial charge in [-0.05, 0) is 66.6 Å². The number of aliphatic hydroxyl groups excluding tert-OH is 1. The number of pyridine rings is 1. The van der Waals surface area contributed by atoms with Crippen LogP contribution in [-0.2, 0) is 20.9 Å². The number of aliphatic hydroxyl groups is 1. The SMILES string of the molecule is CCOC(=O)c1ccc(CN2C(=O)C(=O)/C(=C(/O)c3ccc(Cl)cc3)C2c2ccncc2)cc1. The van der Waals surface area contributed by atoms with Crippen molar-refractivity contribution in [3.8, 4) is 0 Å². The molecule has 0 aliphatic carbocycles. The van der Waals surface area contributed by atoms with Crippen molar-refractivity contribution in [2.24, 2.45) is 0 Å². The highest BCUT2D eigenvalue weighted by molar-refractivity contribution is 6.46. The Morgan fingerprint density at radius 2 is 1.62 bits per heavy atom. The number of halogens is 1. The number of rotatable bonds is 6. The number of aromatic nitrogens is 1. The molecule has 3 aromatic rings. The van der Waals surface area contributed by atoms with Crippen LogP contribution >= 0.6 is 11.6 Å². The standard InChI is InChI=1S/C26H21ClN2O5/c1-2-34-26(33)19-5-3-16(4-6-19)15-29-22(17-11-13-28-14-12-17)21(24(31)25(29)32)23(30)18-7-9-20(27)10-8-18/h3-14,22,30H,2,15H2,1H3/b23-21+. The molecule has 0 radical (unpaired) electrons. The lowest BCUT2D eigenvalue weighted by Crippen LogP contribution is -2.29. The van der Waals surface area contributed by atoms with E-state index in [0.717, 1.165) is 0 Å². The molecule has 7 nitrogen and oxygen atoms in total. The first-order valence-electron chi connectivity index (χ1n) is 10.6. The summed E-state index contributed by atoms with van der Waals surface area (Å²) in [7, 11) is 0. The smallest absolute Gasteiger partial charge is 0.338 e. The molecule has 1 N–H and O–H groups in total. The maximum Gasteiger partial charge on any atom is 0.338 e. The molecule has 172 valence electrons. The minimum absolute atomic E-state index is 0.0123. The molecule has 2 aromatic carbocycles. The Bertz CT molecular complexity index is 1250. The van der Waals surface area contributed by atoms with Gasteiger partial charge in [-0.3, -0.25) is 14.6 Å². The van der Waals surface area contributed by atoms with Crippen LogP contribution in [0.3, 0.4) is 0 Å². The summed E-state index contributed by atoms with van der Waals surface area (Å²) in [4.78, 5) is 43.5. The van der Waals surface area contributed by atoms with E-state index in [-0.39, 0.29) is 24.5 Å². The molecule has 0 bridgehead atoms. The number of ether oxygens (including phenoxy) is 1. The second-order valence-corrected chi connectivity index (χ2v) is 8.07. The molecule has 1 atom stereocenters. The van der Waals surface area contributed by atoms with Crippen molar-refractivity contribution < 1.29 is 24.2 Å². The van der Waals surface area contributed by atoms with Gasteiger partial charge in [-0.25, -0.2) is 4.79 Å². The molecule has 1 aromatic heterocycles. The Morgan fingerprint density at radius 1 is 1.00 bits per heavy atom. The monoisotopic (exact) mass is 476 g/mol. The number of ketones is 1. The first-order chi connectivity index (χ1) is 16.4. The Kier molecular flexibility index (Phi) is 6.75. The first-order valence-corrected chi connectivity index (χ1v) is 11.0. The van der Waals surface area contributed by atoms with Crippen molar-refractivity contribution in [1.82, 2.24) is 9.88 Å². The van der Waals surface area contributed by atoms with Crippen LogP contribution in [0.15, 0.2) is 78.6 Å². The van der Waals surface area contributed by atoms with Crippen molar-refractivity contribution in [2.45, 2.75) is 19.5 Å². The van der Waals surface area contributed by atoms with Gasteiger partial charge in [0.15, 0.2) is 0 Å². The maximum atomic E-state index is 13.1. The number of benzene rings is 2. The highest BCUT2D eigenvalue weighted by Crippen LogP contribution is 2.40. The van der Waals surface area contributed by atoms with E-state index < -0.39 is 23.7 Å². The molecular weight excluding hydrogens is 456 g/mol. The zero-order valence-corrected chi connectivity index (χ0v) is 19.0. The van der Waals surface area contributed by atoms with E-state index in [2.05, 4.69) is 4.98 Å². The van der Waals surface area contributed by atoms with Crippen molar-refractivity contribution in [3.05, 3.63) is 106 Å². The summed E-state index contributed by atoms with van der Waals surface area (Å²) in [5, 5.41) is 11.5. The maximum absolute atomic E-state index is 13.1. The van der Waals surface area contributed by atoms with Gasteiger partial charge in [0.1, 0.15) is 5.76 Å². The van der Waals surface area contributed by atoms with E-state index in [0.29, 0.717) is 27.3 Å². The van der Waals surface area contributed by atoms with Crippen LogP contribution in [0, 0.1) is 0 Å². The quantitative estimate of drug-likeness (QED) is 0.243. The zero-order chi connectivity index (χ0) is 24.2. The number of esters is 1. The van der Waals surface area contributed by atoms with Crippen molar-refractivity contribution in [2.75, 3.05) is 6.61 Å². The lowest BCUT2D eigenvalue weighted by atomic mass is 9.96. The lowest BCUT2D eigenvalue weighted by molar-refractivity contribution is -0.140. The van der Waals surface area contributed by atoms with Gasteiger partial charge in [0, 0.05) is 29.5 Å². The number of likely N-dealkylation sites (tertiary alicyclic amines) is 1. The molecule has 1 saturated heterocycles. The fraction of sp³-hybridized carbons (Fsp3) is 0.154. The molecule has 1 aliphatic heterocycles. The normalized spacial score (nSPS) is 17.1. The van der Waals surface area contributed by atoms with Crippen LogP contribution < -0.4 is 0 Å². The summed E-state index contributed by atoms with van der Waals surface area (Å²) in [6.45, 7) is 2.09. The minimum Gasteiger partial charge on any atom is -0.507 e. The third-order valence-electron chi connectivity index (χ3n) is 5.50. The van der Waals surface area contributed by atoms with Gasteiger partial charge in [0.2, 0.25) is 0 Å². The van der Waals surface area contributed by atoms with Gasteiger partial charge in [0.05, 0.1) is 23.8 Å². The third kappa shape index (κ3) is 4.56. The average molecular weight is 477 g/mol. The molecule has 1 amide bonds. The Balaban J connectivity index is 1.74. The molecule has 1 fully saturated rings. The molecule has 0 saturated carbocycles. The molecular formula is C26H21ClN2O5. The summed E-state index contributed by atoms with van der Waals surface area (Å²) < 4.78 is 5.00. The van der Waals surface area contributed by atoms with Gasteiger partial charge in [0.25, 0.3) is 11.7 Å². The summed E-state index contributed by atoms with van der Waals surface area (Å²) in [6.07, 6.45) is 3.12. The summed E-state index contributed by atoms with van der Waals surface area (Å²) >= 11 is 5.95. The number of amides is 1. The van der Waals surface area contributed by atoms with E-state index in [1.54, 1.807) is 80.0 Å². The van der Waals surface area contributed by atoms with Crippen LogP contribution in [0.25, 0.3) is 5.76 Å². The second kappa shape index (κ2) is 9.89. The number of hydrogen-bond acceptors (Lipinski definition) is 6. The molecule has 8 heteroatoms. The van der Waals surface area contributed by atoms with Crippen molar-refractivity contribution in [1.29, 1.82) is 0 Å². The fourth-order valence-electron chi connectivity index (χ4n) is 3.86. The van der Waals surface area contributed by atoms with Gasteiger partial charge in [-0.15, -0.1) is 0 Å². The molecule has 4 rings (SSSR count). The summed E-state index contributed by atoms with van der Waals surface area (Å²) in [5.41, 5.74) is 2.09. The predicted octanol–water partition coefficient (Wildman–Crippen LogP) is 4.53. The number of carbonyl (C=O) groups is 3. The van der Waals surface area contributed by atoms with Crippen LogP contribution in [0.5, 0.6) is 0 Å². The van der Waals surface area contributed by atoms with Crippen LogP contribution in [0.4, 0.5) is 0 Å². The number of Topliss-reactive ketones (excluding diaryl/α,β-unsaturated/α-hetero) is 1. The highest BCUT2D eigenvalue weighted by Gasteiger charge is 2.46. The van der Waals surface area contributed by atoms with Gasteiger partial charge >= 0.3 is 5.97 Å². The second-order valence-electron chi connectivity index (χ2n) is 7.63. The van der Waals surface area contributed by atoms with Crippen LogP contribution in [0.2, 0.25) is 5.02 Å². The molecule has 1 unspecified atom stereocenters. The summed E-state index contributed by atoms with van der Waals surface area (Å²) in [5.74, 6) is -2.23. The lowest BCUT2D eigenvalue weighted by Gasteiger charge is -2.25. The molecule has 2 heterocycles. The number of hydrogen-bond donors (Lipinski definition) is 1. The molecule has 34 heavy (non-hydrogen) atoms. The molecule has 0 spiro atoms. The van der Waals surface area contributed by atoms with E-state index in [1.807, 2.05) is 0 Å². The first kappa shape index (κ1) is 23.2. The third-order valence-corrected chi connectivity index (χ3v) is 5.75. The van der Waals surface area contributed by atoms with Crippen molar-refractivity contribution >= 4 is 35.0 Å². The molecule has 1 aliphatic rings.